The summed E-state index contributed by atoms with van der Waals surface area (Å²) in [5.41, 5.74) is 7.69. The number of nitrogens with one attached hydrogen (secondary N) is 2. The molecule has 32 heavy (non-hydrogen) atoms. The van der Waals surface area contributed by atoms with Gasteiger partial charge in [0.05, 0.1) is 38.4 Å². The van der Waals surface area contributed by atoms with Crippen LogP contribution in [0.25, 0.3) is 16.6 Å². The number of halogens is 2. The lowest BCUT2D eigenvalue weighted by Crippen LogP contribution is -2.28. The molecule has 7 nitrogen and oxygen atoms in total. The van der Waals surface area contributed by atoms with E-state index in [-0.39, 0.29) is 5.56 Å². The summed E-state index contributed by atoms with van der Waals surface area (Å²) in [4.78, 5) is 30.4. The highest BCUT2D eigenvalue weighted by Gasteiger charge is 2.18. The maximum Gasteiger partial charge on any atom is 0.323 e. The predicted molar refractivity (Wildman–Crippen MR) is 129 cm³/mol. The SMILES string of the molecule is C[C@H](N)c1nc2cccc(Cl)c2c(=O)n1-c1cccc(NC(=O)Nc2ccccc2Cl)c1. The van der Waals surface area contributed by atoms with Gasteiger partial charge in [-0.25, -0.2) is 9.78 Å². The van der Waals surface area contributed by atoms with Gasteiger partial charge < -0.3 is 16.4 Å². The largest absolute Gasteiger partial charge is 0.323 e. The Labute approximate surface area is 193 Å². The van der Waals surface area contributed by atoms with E-state index in [0.717, 1.165) is 0 Å². The molecule has 4 aromatic rings. The second-order valence-electron chi connectivity index (χ2n) is 7.14. The van der Waals surface area contributed by atoms with Crippen molar-refractivity contribution in [3.05, 3.63) is 93.0 Å². The molecule has 0 spiro atoms. The van der Waals surface area contributed by atoms with Crippen molar-refractivity contribution in [1.29, 1.82) is 0 Å². The fourth-order valence-corrected chi connectivity index (χ4v) is 3.77. The minimum absolute atomic E-state index is 0.299. The van der Waals surface area contributed by atoms with Crippen LogP contribution in [0.4, 0.5) is 16.2 Å². The Morgan fingerprint density at radius 1 is 1.00 bits per heavy atom. The molecule has 0 radical (unpaired) electrons. The third kappa shape index (κ3) is 4.31. The Hall–Kier alpha value is -3.39. The summed E-state index contributed by atoms with van der Waals surface area (Å²) in [6, 6.07) is 17.8. The van der Waals surface area contributed by atoms with Crippen LogP contribution in [0.5, 0.6) is 0 Å². The zero-order chi connectivity index (χ0) is 22.8. The minimum atomic E-state index is -0.522. The van der Waals surface area contributed by atoms with E-state index in [2.05, 4.69) is 15.6 Å². The van der Waals surface area contributed by atoms with E-state index < -0.39 is 12.1 Å². The summed E-state index contributed by atoms with van der Waals surface area (Å²) in [6.45, 7) is 1.74. The maximum absolute atomic E-state index is 13.4. The van der Waals surface area contributed by atoms with Crippen LogP contribution in [-0.4, -0.2) is 15.6 Å². The fraction of sp³-hybridized carbons (Fsp3) is 0.0870. The number of hydrogen-bond acceptors (Lipinski definition) is 4. The van der Waals surface area contributed by atoms with Crippen LogP contribution in [-0.2, 0) is 0 Å². The molecule has 4 N–H and O–H groups in total. The molecule has 0 saturated carbocycles. The Balaban J connectivity index is 1.73. The standard InChI is InChI=1S/C23H19Cl2N5O2/c1-13(26)21-28-19-11-5-9-17(25)20(19)22(31)30(21)15-7-4-6-14(12-15)27-23(32)29-18-10-3-2-8-16(18)24/h2-13H,26H2,1H3,(H2,27,29,32)/t13-/m0/s1. The normalized spacial score (nSPS) is 11.9. The third-order valence-electron chi connectivity index (χ3n) is 4.76. The highest BCUT2D eigenvalue weighted by Crippen LogP contribution is 2.24. The number of amides is 2. The van der Waals surface area contributed by atoms with Gasteiger partial charge >= 0.3 is 6.03 Å². The van der Waals surface area contributed by atoms with Gasteiger partial charge in [-0.1, -0.05) is 47.5 Å². The van der Waals surface area contributed by atoms with Crippen LogP contribution >= 0.6 is 23.2 Å². The molecule has 9 heteroatoms. The first-order chi connectivity index (χ1) is 15.3. The molecule has 3 aromatic carbocycles. The van der Waals surface area contributed by atoms with E-state index in [9.17, 15) is 9.59 Å². The van der Waals surface area contributed by atoms with E-state index in [1.54, 1.807) is 73.7 Å². The van der Waals surface area contributed by atoms with Gasteiger partial charge in [-0.05, 0) is 49.4 Å². The second kappa shape index (κ2) is 9.00. The van der Waals surface area contributed by atoms with Crippen LogP contribution < -0.4 is 21.9 Å². The zero-order valence-electron chi connectivity index (χ0n) is 17.0. The molecule has 0 fully saturated rings. The molecule has 2 amide bonds. The Morgan fingerprint density at radius 2 is 1.72 bits per heavy atom. The van der Waals surface area contributed by atoms with Gasteiger partial charge in [0.25, 0.3) is 5.56 Å². The average Bonchev–Trinajstić information content (AvgIpc) is 2.75. The molecule has 4 rings (SSSR count). The van der Waals surface area contributed by atoms with Crippen molar-refractivity contribution in [3.63, 3.8) is 0 Å². The topological polar surface area (TPSA) is 102 Å². The molecular weight excluding hydrogens is 449 g/mol. The first kappa shape index (κ1) is 21.8. The number of para-hydroxylation sites is 1. The van der Waals surface area contributed by atoms with Crippen LogP contribution in [0, 0.1) is 0 Å². The van der Waals surface area contributed by atoms with Crippen molar-refractivity contribution < 1.29 is 4.79 Å². The molecule has 0 aliphatic rings. The number of rotatable bonds is 4. The third-order valence-corrected chi connectivity index (χ3v) is 5.41. The monoisotopic (exact) mass is 467 g/mol. The van der Waals surface area contributed by atoms with Crippen molar-refractivity contribution >= 4 is 51.5 Å². The molecule has 1 heterocycles. The van der Waals surface area contributed by atoms with Gasteiger partial charge in [0.1, 0.15) is 5.82 Å². The summed E-state index contributed by atoms with van der Waals surface area (Å²) in [6.07, 6.45) is 0. The number of fused-ring (bicyclic) bond motifs is 1. The molecule has 0 aliphatic heterocycles. The van der Waals surface area contributed by atoms with E-state index in [4.69, 9.17) is 28.9 Å². The zero-order valence-corrected chi connectivity index (χ0v) is 18.5. The molecule has 0 bridgehead atoms. The Morgan fingerprint density at radius 3 is 2.47 bits per heavy atom. The summed E-state index contributed by atoms with van der Waals surface area (Å²) in [7, 11) is 0. The highest BCUT2D eigenvalue weighted by atomic mass is 35.5. The molecule has 0 aliphatic carbocycles. The smallest absolute Gasteiger partial charge is 0.322 e. The van der Waals surface area contributed by atoms with Gasteiger partial charge in [0.2, 0.25) is 0 Å². The number of nitrogens with zero attached hydrogens (tertiary/aromatic N) is 2. The maximum atomic E-state index is 13.4. The number of carbonyl (C=O) groups is 1. The van der Waals surface area contributed by atoms with Gasteiger partial charge in [0, 0.05) is 5.69 Å². The quantitative estimate of drug-likeness (QED) is 0.376. The average molecular weight is 468 g/mol. The van der Waals surface area contributed by atoms with Gasteiger partial charge in [-0.2, -0.15) is 0 Å². The summed E-state index contributed by atoms with van der Waals surface area (Å²) < 4.78 is 1.41. The molecule has 1 atom stereocenters. The van der Waals surface area contributed by atoms with Crippen LogP contribution in [0.2, 0.25) is 10.0 Å². The van der Waals surface area contributed by atoms with Gasteiger partial charge in [-0.3, -0.25) is 9.36 Å². The molecule has 1 aromatic heterocycles. The van der Waals surface area contributed by atoms with E-state index in [1.165, 1.54) is 4.57 Å². The number of urea groups is 1. The van der Waals surface area contributed by atoms with Crippen molar-refractivity contribution in [2.45, 2.75) is 13.0 Å². The van der Waals surface area contributed by atoms with E-state index in [0.29, 0.717) is 43.8 Å². The summed E-state index contributed by atoms with van der Waals surface area (Å²) in [5, 5.41) is 6.46. The lowest BCUT2D eigenvalue weighted by atomic mass is 10.2. The highest BCUT2D eigenvalue weighted by molar-refractivity contribution is 6.35. The molecule has 0 saturated heterocycles. The van der Waals surface area contributed by atoms with E-state index in [1.807, 2.05) is 0 Å². The summed E-state index contributed by atoms with van der Waals surface area (Å²) in [5.74, 6) is 0.377. The first-order valence-electron chi connectivity index (χ1n) is 9.75. The number of benzene rings is 3. The number of hydrogen-bond donors (Lipinski definition) is 3. The predicted octanol–water partition coefficient (Wildman–Crippen LogP) is 5.36. The van der Waals surface area contributed by atoms with Crippen molar-refractivity contribution in [2.24, 2.45) is 5.73 Å². The number of aromatic nitrogens is 2. The Kier molecular flexibility index (Phi) is 6.14. The number of carbonyl (C=O) groups excluding carboxylic acids is 1. The lowest BCUT2D eigenvalue weighted by Gasteiger charge is -2.17. The second-order valence-corrected chi connectivity index (χ2v) is 7.96. The lowest BCUT2D eigenvalue weighted by molar-refractivity contribution is 0.262. The van der Waals surface area contributed by atoms with Crippen molar-refractivity contribution in [3.8, 4) is 5.69 Å². The van der Waals surface area contributed by atoms with Gasteiger partial charge in [-0.15, -0.1) is 0 Å². The summed E-state index contributed by atoms with van der Waals surface area (Å²) >= 11 is 12.4. The van der Waals surface area contributed by atoms with Gasteiger partial charge in [0.15, 0.2) is 0 Å². The van der Waals surface area contributed by atoms with Crippen molar-refractivity contribution in [1.82, 2.24) is 9.55 Å². The fourth-order valence-electron chi connectivity index (χ4n) is 3.33. The van der Waals surface area contributed by atoms with Crippen LogP contribution in [0.15, 0.2) is 71.5 Å². The number of nitrogens with two attached hydrogens (primary N) is 1. The molecular formula is C23H19Cl2N5O2. The Bertz CT molecular complexity index is 1380. The van der Waals surface area contributed by atoms with Crippen molar-refractivity contribution in [2.75, 3.05) is 10.6 Å². The minimum Gasteiger partial charge on any atom is -0.322 e. The molecule has 162 valence electrons. The first-order valence-corrected chi connectivity index (χ1v) is 10.5. The number of anilines is 2. The van der Waals surface area contributed by atoms with Crippen LogP contribution in [0.1, 0.15) is 18.8 Å². The van der Waals surface area contributed by atoms with E-state index >= 15 is 0 Å². The molecule has 0 unspecified atom stereocenters. The van der Waals surface area contributed by atoms with Crippen LogP contribution in [0.3, 0.4) is 0 Å².